The van der Waals surface area contributed by atoms with Gasteiger partial charge in [0, 0.05) is 32.9 Å². The molecule has 0 aliphatic heterocycles. The van der Waals surface area contributed by atoms with E-state index in [1.54, 1.807) is 31.3 Å². The molecular weight excluding hydrogens is 252 g/mol. The first-order chi connectivity index (χ1) is 9.58. The lowest BCUT2D eigenvalue weighted by atomic mass is 9.85. The predicted octanol–water partition coefficient (Wildman–Crippen LogP) is 1.71. The third kappa shape index (κ3) is 3.70. The molecule has 5 heteroatoms. The Labute approximate surface area is 120 Å². The Hall–Kier alpha value is -1.62. The summed E-state index contributed by atoms with van der Waals surface area (Å²) in [7, 11) is 3.47. The molecular formula is C15H24N4O. The van der Waals surface area contributed by atoms with E-state index in [0.717, 1.165) is 18.8 Å². The molecule has 1 amide bonds. The second-order valence-corrected chi connectivity index (χ2v) is 5.72. The van der Waals surface area contributed by atoms with E-state index in [1.807, 2.05) is 6.07 Å². The van der Waals surface area contributed by atoms with Crippen molar-refractivity contribution < 1.29 is 4.79 Å². The molecule has 1 aromatic rings. The second kappa shape index (κ2) is 6.70. The molecule has 1 aromatic heterocycles. The molecule has 1 aliphatic carbocycles. The molecule has 0 saturated heterocycles. The summed E-state index contributed by atoms with van der Waals surface area (Å²) < 4.78 is 0. The minimum absolute atomic E-state index is 0.0293. The molecule has 1 saturated carbocycles. The Kier molecular flexibility index (Phi) is 4.95. The molecule has 1 fully saturated rings. The topological polar surface area (TPSA) is 71.2 Å². The third-order valence-electron chi connectivity index (χ3n) is 3.93. The smallest absolute Gasteiger partial charge is 0.254 e. The van der Waals surface area contributed by atoms with Gasteiger partial charge in [0.1, 0.15) is 5.82 Å². The lowest BCUT2D eigenvalue weighted by Crippen LogP contribution is -2.37. The predicted molar refractivity (Wildman–Crippen MR) is 80.7 cm³/mol. The maximum atomic E-state index is 11.8. The van der Waals surface area contributed by atoms with Crippen molar-refractivity contribution in [1.29, 1.82) is 0 Å². The minimum atomic E-state index is -0.0293. The largest absolute Gasteiger partial charge is 0.370 e. The summed E-state index contributed by atoms with van der Waals surface area (Å²) in [5.74, 6) is 1.30. The number of carbonyl (C=O) groups is 1. The summed E-state index contributed by atoms with van der Waals surface area (Å²) in [5, 5.41) is 3.32. The molecule has 0 aromatic carbocycles. The monoisotopic (exact) mass is 276 g/mol. The van der Waals surface area contributed by atoms with Gasteiger partial charge in [-0.25, -0.2) is 4.98 Å². The van der Waals surface area contributed by atoms with E-state index in [1.165, 1.54) is 19.3 Å². The maximum Gasteiger partial charge on any atom is 0.254 e. The Morgan fingerprint density at radius 1 is 1.40 bits per heavy atom. The highest BCUT2D eigenvalue weighted by Crippen LogP contribution is 2.23. The Balaban J connectivity index is 1.89. The zero-order chi connectivity index (χ0) is 14.5. The fourth-order valence-electron chi connectivity index (χ4n) is 2.61. The molecule has 110 valence electrons. The maximum absolute atomic E-state index is 11.8. The molecule has 2 unspecified atom stereocenters. The number of anilines is 1. The highest BCUT2D eigenvalue weighted by Gasteiger charge is 2.21. The molecule has 0 spiro atoms. The number of rotatable bonds is 4. The summed E-state index contributed by atoms with van der Waals surface area (Å²) in [6.45, 7) is 0.856. The van der Waals surface area contributed by atoms with Crippen molar-refractivity contribution in [1.82, 2.24) is 9.88 Å². The zero-order valence-electron chi connectivity index (χ0n) is 12.3. The van der Waals surface area contributed by atoms with E-state index in [2.05, 4.69) is 10.3 Å². The van der Waals surface area contributed by atoms with Crippen molar-refractivity contribution in [3.63, 3.8) is 0 Å². The normalized spacial score (nSPS) is 22.4. The molecule has 1 heterocycles. The molecule has 3 N–H and O–H groups in total. The number of aromatic nitrogens is 1. The van der Waals surface area contributed by atoms with Crippen LogP contribution in [0, 0.1) is 5.92 Å². The average molecular weight is 276 g/mol. The van der Waals surface area contributed by atoms with Crippen LogP contribution < -0.4 is 11.1 Å². The lowest BCUT2D eigenvalue weighted by Gasteiger charge is -2.28. The first kappa shape index (κ1) is 14.8. The summed E-state index contributed by atoms with van der Waals surface area (Å²) in [6, 6.07) is 3.95. The van der Waals surface area contributed by atoms with Crippen molar-refractivity contribution in [3.8, 4) is 0 Å². The van der Waals surface area contributed by atoms with E-state index in [4.69, 9.17) is 5.73 Å². The van der Waals surface area contributed by atoms with E-state index in [-0.39, 0.29) is 5.91 Å². The molecule has 0 radical (unpaired) electrons. The van der Waals surface area contributed by atoms with Crippen molar-refractivity contribution in [2.75, 3.05) is 26.0 Å². The summed E-state index contributed by atoms with van der Waals surface area (Å²) in [6.07, 6.45) is 6.44. The van der Waals surface area contributed by atoms with Gasteiger partial charge < -0.3 is 16.0 Å². The van der Waals surface area contributed by atoms with E-state index >= 15 is 0 Å². The molecule has 20 heavy (non-hydrogen) atoms. The van der Waals surface area contributed by atoms with E-state index in [9.17, 15) is 4.79 Å². The van der Waals surface area contributed by atoms with Gasteiger partial charge in [-0.2, -0.15) is 0 Å². The van der Waals surface area contributed by atoms with Crippen LogP contribution in [0.5, 0.6) is 0 Å². The van der Waals surface area contributed by atoms with Gasteiger partial charge >= 0.3 is 0 Å². The van der Waals surface area contributed by atoms with Gasteiger partial charge in [0.05, 0.1) is 5.56 Å². The van der Waals surface area contributed by atoms with Crippen molar-refractivity contribution in [3.05, 3.63) is 23.9 Å². The van der Waals surface area contributed by atoms with Gasteiger partial charge in [-0.15, -0.1) is 0 Å². The standard InChI is InChI=1S/C15H24N4O/c1-19(2)15(20)12-7-8-14(18-10-12)17-9-11-5-3-4-6-13(11)16/h7-8,10-11,13H,3-6,9,16H2,1-2H3,(H,17,18). The molecule has 1 aliphatic rings. The Morgan fingerprint density at radius 3 is 2.75 bits per heavy atom. The summed E-state index contributed by atoms with van der Waals surface area (Å²) >= 11 is 0. The Morgan fingerprint density at radius 2 is 2.15 bits per heavy atom. The van der Waals surface area contributed by atoms with Crippen molar-refractivity contribution >= 4 is 11.7 Å². The van der Waals surface area contributed by atoms with Crippen molar-refractivity contribution in [2.24, 2.45) is 11.7 Å². The second-order valence-electron chi connectivity index (χ2n) is 5.72. The molecule has 5 nitrogen and oxygen atoms in total. The SMILES string of the molecule is CN(C)C(=O)c1ccc(NCC2CCCCC2N)nc1. The number of amides is 1. The van der Waals surface area contributed by atoms with Crippen LogP contribution in [0.2, 0.25) is 0 Å². The minimum Gasteiger partial charge on any atom is -0.370 e. The Bertz CT molecular complexity index is 444. The first-order valence-electron chi connectivity index (χ1n) is 7.25. The number of carbonyl (C=O) groups excluding carboxylic acids is 1. The van der Waals surface area contributed by atoms with Gasteiger partial charge in [-0.1, -0.05) is 12.8 Å². The molecule has 2 atom stereocenters. The highest BCUT2D eigenvalue weighted by molar-refractivity contribution is 5.93. The fraction of sp³-hybridized carbons (Fsp3) is 0.600. The van der Waals surface area contributed by atoms with Crippen LogP contribution in [0.1, 0.15) is 36.0 Å². The quantitative estimate of drug-likeness (QED) is 0.878. The number of hydrogen-bond donors (Lipinski definition) is 2. The lowest BCUT2D eigenvalue weighted by molar-refractivity contribution is 0.0827. The molecule has 2 rings (SSSR count). The number of nitrogens with zero attached hydrogens (tertiary/aromatic N) is 2. The number of pyridine rings is 1. The van der Waals surface area contributed by atoms with Crippen LogP contribution in [0.15, 0.2) is 18.3 Å². The number of nitrogens with two attached hydrogens (primary N) is 1. The number of hydrogen-bond acceptors (Lipinski definition) is 4. The van der Waals surface area contributed by atoms with Crippen molar-refractivity contribution in [2.45, 2.75) is 31.7 Å². The summed E-state index contributed by atoms with van der Waals surface area (Å²) in [5.41, 5.74) is 6.74. The van der Waals surface area contributed by atoms with Gasteiger partial charge in [-0.05, 0) is 30.9 Å². The average Bonchev–Trinajstić information content (AvgIpc) is 2.46. The number of nitrogens with one attached hydrogen (secondary N) is 1. The van der Waals surface area contributed by atoms with Gasteiger partial charge in [0.25, 0.3) is 5.91 Å². The fourth-order valence-corrected chi connectivity index (χ4v) is 2.61. The van der Waals surface area contributed by atoms with Crippen LogP contribution >= 0.6 is 0 Å². The van der Waals surface area contributed by atoms with Crippen LogP contribution in [0.3, 0.4) is 0 Å². The summed E-state index contributed by atoms with van der Waals surface area (Å²) in [4.78, 5) is 17.6. The highest BCUT2D eigenvalue weighted by atomic mass is 16.2. The van der Waals surface area contributed by atoms with Gasteiger partial charge in [-0.3, -0.25) is 4.79 Å². The first-order valence-corrected chi connectivity index (χ1v) is 7.25. The van der Waals surface area contributed by atoms with Crippen LogP contribution in [-0.2, 0) is 0 Å². The molecule has 0 bridgehead atoms. The van der Waals surface area contributed by atoms with E-state index < -0.39 is 0 Å². The van der Waals surface area contributed by atoms with E-state index in [0.29, 0.717) is 17.5 Å². The van der Waals surface area contributed by atoms with Crippen LogP contribution in [0.4, 0.5) is 5.82 Å². The van der Waals surface area contributed by atoms with Gasteiger partial charge in [0.2, 0.25) is 0 Å². The third-order valence-corrected chi connectivity index (χ3v) is 3.93. The van der Waals surface area contributed by atoms with Crippen LogP contribution in [0.25, 0.3) is 0 Å². The van der Waals surface area contributed by atoms with Crippen LogP contribution in [-0.4, -0.2) is 42.5 Å². The van der Waals surface area contributed by atoms with Gasteiger partial charge in [0.15, 0.2) is 0 Å². The zero-order valence-corrected chi connectivity index (χ0v) is 12.3.